The van der Waals surface area contributed by atoms with Gasteiger partial charge in [-0.2, -0.15) is 0 Å². The van der Waals surface area contributed by atoms with Crippen LogP contribution in [0.25, 0.3) is 5.57 Å². The van der Waals surface area contributed by atoms with Gasteiger partial charge in [0.25, 0.3) is 0 Å². The van der Waals surface area contributed by atoms with Crippen LogP contribution in [0.1, 0.15) is 36.5 Å². The predicted molar refractivity (Wildman–Crippen MR) is 88.4 cm³/mol. The van der Waals surface area contributed by atoms with E-state index < -0.39 is 11.8 Å². The summed E-state index contributed by atoms with van der Waals surface area (Å²) in [5.74, 6) is -0.801. The molecule has 1 N–H and O–H groups in total. The van der Waals surface area contributed by atoms with Gasteiger partial charge in [-0.05, 0) is 58.7 Å². The average Bonchev–Trinajstić information content (AvgIpc) is 2.52. The van der Waals surface area contributed by atoms with E-state index >= 15 is 0 Å². The van der Waals surface area contributed by atoms with Gasteiger partial charge in [0.15, 0.2) is 0 Å². The van der Waals surface area contributed by atoms with Crippen molar-refractivity contribution in [1.82, 2.24) is 5.32 Å². The maximum absolute atomic E-state index is 14.0. The Balaban J connectivity index is 3.59. The van der Waals surface area contributed by atoms with Crippen LogP contribution < -0.4 is 5.32 Å². The summed E-state index contributed by atoms with van der Waals surface area (Å²) in [4.78, 5) is 22.7. The Bertz CT molecular complexity index is 633. The van der Waals surface area contributed by atoms with Crippen LogP contribution in [0, 0.1) is 5.82 Å². The van der Waals surface area contributed by atoms with Gasteiger partial charge >= 0.3 is 5.97 Å². The molecular formula is C18H22FNO3. The van der Waals surface area contributed by atoms with Crippen molar-refractivity contribution in [2.75, 3.05) is 14.2 Å². The fourth-order valence-corrected chi connectivity index (χ4v) is 2.33. The number of methoxy groups -OCH3 is 1. The van der Waals surface area contributed by atoms with Crippen molar-refractivity contribution in [3.8, 4) is 0 Å². The molecule has 1 aromatic rings. The SMILES string of the molecule is CN/C=C\C(=C/C=O)c1cc(F)cc(C(C)C)c1CC(=O)OC. The second kappa shape index (κ2) is 8.88. The van der Waals surface area contributed by atoms with Gasteiger partial charge in [0.1, 0.15) is 12.1 Å². The van der Waals surface area contributed by atoms with Gasteiger partial charge < -0.3 is 10.1 Å². The van der Waals surface area contributed by atoms with E-state index in [1.807, 2.05) is 13.8 Å². The number of carbonyl (C=O) groups excluding carboxylic acids is 2. The molecule has 0 unspecified atom stereocenters. The monoisotopic (exact) mass is 319 g/mol. The third-order valence-electron chi connectivity index (χ3n) is 3.41. The molecule has 0 radical (unpaired) electrons. The van der Waals surface area contributed by atoms with E-state index in [1.165, 1.54) is 25.3 Å². The summed E-state index contributed by atoms with van der Waals surface area (Å²) in [5, 5.41) is 2.83. The number of ether oxygens (including phenoxy) is 1. The second-order valence-corrected chi connectivity index (χ2v) is 5.31. The van der Waals surface area contributed by atoms with Crippen molar-refractivity contribution in [3.05, 3.63) is 53.0 Å². The number of halogens is 1. The molecule has 1 rings (SSSR count). The highest BCUT2D eigenvalue weighted by molar-refractivity contribution is 5.89. The van der Waals surface area contributed by atoms with E-state index in [0.29, 0.717) is 23.0 Å². The summed E-state index contributed by atoms with van der Waals surface area (Å²) in [6.45, 7) is 3.85. The van der Waals surface area contributed by atoms with Crippen molar-refractivity contribution >= 4 is 17.8 Å². The van der Waals surface area contributed by atoms with E-state index in [4.69, 9.17) is 4.74 Å². The lowest BCUT2D eigenvalue weighted by Gasteiger charge is -2.18. The van der Waals surface area contributed by atoms with Crippen molar-refractivity contribution < 1.29 is 18.7 Å². The van der Waals surface area contributed by atoms with Crippen LogP contribution in [0.2, 0.25) is 0 Å². The zero-order chi connectivity index (χ0) is 17.4. The number of nitrogens with one attached hydrogen (secondary N) is 1. The normalized spacial score (nSPS) is 11.8. The van der Waals surface area contributed by atoms with Crippen LogP contribution in [0.4, 0.5) is 4.39 Å². The van der Waals surface area contributed by atoms with Gasteiger partial charge in [0.2, 0.25) is 0 Å². The Morgan fingerprint density at radius 2 is 2.09 bits per heavy atom. The minimum atomic E-state index is -0.414. The lowest BCUT2D eigenvalue weighted by atomic mass is 9.88. The molecule has 0 atom stereocenters. The number of carbonyl (C=O) groups is 2. The average molecular weight is 319 g/mol. The standard InChI is InChI=1S/C18H22FNO3/c1-12(2)15-9-14(19)10-16(17(15)11-18(22)23-4)13(6-8-21)5-7-20-3/h5-10,12,20H,11H2,1-4H3/b7-5-,13-6+. The molecule has 0 saturated heterocycles. The number of allylic oxidation sites excluding steroid dienone is 3. The molecule has 4 nitrogen and oxygen atoms in total. The number of benzene rings is 1. The number of esters is 1. The van der Waals surface area contributed by atoms with Gasteiger partial charge in [-0.1, -0.05) is 13.8 Å². The highest BCUT2D eigenvalue weighted by atomic mass is 19.1. The first-order valence-electron chi connectivity index (χ1n) is 7.33. The first-order chi connectivity index (χ1) is 10.9. The molecule has 0 spiro atoms. The van der Waals surface area contributed by atoms with E-state index in [0.717, 1.165) is 5.56 Å². The number of hydrogen-bond donors (Lipinski definition) is 1. The molecule has 0 amide bonds. The number of hydrogen-bond acceptors (Lipinski definition) is 4. The molecule has 5 heteroatoms. The fraction of sp³-hybridized carbons (Fsp3) is 0.333. The summed E-state index contributed by atoms with van der Waals surface area (Å²) in [7, 11) is 3.03. The Kier molecular flexibility index (Phi) is 7.19. The Morgan fingerprint density at radius 3 is 2.61 bits per heavy atom. The minimum Gasteiger partial charge on any atom is -0.469 e. The summed E-state index contributed by atoms with van der Waals surface area (Å²) in [6.07, 6.45) is 5.29. The smallest absolute Gasteiger partial charge is 0.310 e. The molecule has 124 valence electrons. The van der Waals surface area contributed by atoms with Crippen LogP contribution >= 0.6 is 0 Å². The molecule has 1 aromatic carbocycles. The quantitative estimate of drug-likeness (QED) is 0.363. The summed E-state index contributed by atoms with van der Waals surface area (Å²) < 4.78 is 18.8. The lowest BCUT2D eigenvalue weighted by Crippen LogP contribution is -2.11. The predicted octanol–water partition coefficient (Wildman–Crippen LogP) is 2.98. The summed E-state index contributed by atoms with van der Waals surface area (Å²) >= 11 is 0. The molecule has 0 bridgehead atoms. The largest absolute Gasteiger partial charge is 0.469 e. The van der Waals surface area contributed by atoms with E-state index in [1.54, 1.807) is 19.3 Å². The molecule has 0 saturated carbocycles. The third kappa shape index (κ3) is 5.06. The topological polar surface area (TPSA) is 55.4 Å². The first-order valence-corrected chi connectivity index (χ1v) is 7.33. The van der Waals surface area contributed by atoms with Gasteiger partial charge in [-0.15, -0.1) is 0 Å². The molecule has 0 fully saturated rings. The molecule has 0 aromatic heterocycles. The van der Waals surface area contributed by atoms with Crippen molar-refractivity contribution in [2.45, 2.75) is 26.2 Å². The van der Waals surface area contributed by atoms with Crippen LogP contribution in [0.5, 0.6) is 0 Å². The van der Waals surface area contributed by atoms with Crippen molar-refractivity contribution in [1.29, 1.82) is 0 Å². The minimum absolute atomic E-state index is 0.0171. The molecule has 0 aliphatic heterocycles. The van der Waals surface area contributed by atoms with Gasteiger partial charge in [-0.25, -0.2) is 4.39 Å². The van der Waals surface area contributed by atoms with Crippen LogP contribution in [0.15, 0.2) is 30.5 Å². The number of rotatable bonds is 7. The maximum atomic E-state index is 14.0. The molecule has 0 heterocycles. The lowest BCUT2D eigenvalue weighted by molar-refractivity contribution is -0.139. The van der Waals surface area contributed by atoms with Crippen molar-refractivity contribution in [2.24, 2.45) is 0 Å². The Hall–Kier alpha value is -2.43. The Labute approximate surface area is 136 Å². The van der Waals surface area contributed by atoms with Gasteiger partial charge in [0, 0.05) is 7.05 Å². The van der Waals surface area contributed by atoms with Crippen LogP contribution in [-0.4, -0.2) is 26.4 Å². The zero-order valence-corrected chi connectivity index (χ0v) is 13.9. The van der Waals surface area contributed by atoms with Gasteiger partial charge in [-0.3, -0.25) is 9.59 Å². The molecular weight excluding hydrogens is 297 g/mol. The Morgan fingerprint density at radius 1 is 1.39 bits per heavy atom. The fourth-order valence-electron chi connectivity index (χ4n) is 2.33. The summed E-state index contributed by atoms with van der Waals surface area (Å²) in [5.41, 5.74) is 2.43. The van der Waals surface area contributed by atoms with E-state index in [-0.39, 0.29) is 12.3 Å². The molecule has 0 aliphatic carbocycles. The highest BCUT2D eigenvalue weighted by Crippen LogP contribution is 2.30. The van der Waals surface area contributed by atoms with Crippen LogP contribution in [0.3, 0.4) is 0 Å². The number of aldehydes is 1. The van der Waals surface area contributed by atoms with E-state index in [9.17, 15) is 14.0 Å². The maximum Gasteiger partial charge on any atom is 0.310 e. The first kappa shape index (κ1) is 18.6. The van der Waals surface area contributed by atoms with E-state index in [2.05, 4.69) is 5.32 Å². The molecule has 23 heavy (non-hydrogen) atoms. The molecule has 0 aliphatic rings. The van der Waals surface area contributed by atoms with Gasteiger partial charge in [0.05, 0.1) is 13.5 Å². The summed E-state index contributed by atoms with van der Waals surface area (Å²) in [6, 6.07) is 2.76. The van der Waals surface area contributed by atoms with Crippen LogP contribution in [-0.2, 0) is 20.7 Å². The van der Waals surface area contributed by atoms with Crippen molar-refractivity contribution in [3.63, 3.8) is 0 Å². The zero-order valence-electron chi connectivity index (χ0n) is 13.9. The second-order valence-electron chi connectivity index (χ2n) is 5.31. The highest BCUT2D eigenvalue weighted by Gasteiger charge is 2.18. The third-order valence-corrected chi connectivity index (χ3v) is 3.41.